The summed E-state index contributed by atoms with van der Waals surface area (Å²) in [5, 5.41) is 0. The Bertz CT molecular complexity index is 961. The molecule has 8 nitrogen and oxygen atoms in total. The normalized spacial score (nSPS) is 18.3. The maximum absolute atomic E-state index is 12.7. The molecule has 0 aliphatic carbocycles. The molecule has 1 unspecified atom stereocenters. The maximum atomic E-state index is 12.7. The van der Waals surface area contributed by atoms with Crippen molar-refractivity contribution in [3.05, 3.63) is 23.8 Å². The SMILES string of the molecule is CC(CC1CCN(C(=O)OC(C)(C)C)CC1)OC(=O)N1CCc2cc(S(C)(=O)=O)ccc21. The highest BCUT2D eigenvalue weighted by molar-refractivity contribution is 7.90. The number of benzene rings is 1. The van der Waals surface area contributed by atoms with Gasteiger partial charge in [0.2, 0.25) is 0 Å². The van der Waals surface area contributed by atoms with Crippen molar-refractivity contribution in [1.82, 2.24) is 4.90 Å². The Kier molecular flexibility index (Phi) is 7.07. The highest BCUT2D eigenvalue weighted by Crippen LogP contribution is 2.31. The van der Waals surface area contributed by atoms with E-state index in [2.05, 4.69) is 0 Å². The highest BCUT2D eigenvalue weighted by atomic mass is 32.2. The van der Waals surface area contributed by atoms with Crippen molar-refractivity contribution in [2.24, 2.45) is 5.92 Å². The largest absolute Gasteiger partial charge is 0.446 e. The van der Waals surface area contributed by atoms with E-state index in [0.717, 1.165) is 24.8 Å². The summed E-state index contributed by atoms with van der Waals surface area (Å²) in [6.45, 7) is 9.22. The number of nitrogens with zero attached hydrogens (tertiary/aromatic N) is 2. The molecule has 0 bridgehead atoms. The van der Waals surface area contributed by atoms with Crippen LogP contribution in [-0.4, -0.2) is 63.1 Å². The van der Waals surface area contributed by atoms with Crippen LogP contribution >= 0.6 is 0 Å². The molecule has 1 fully saturated rings. The molecule has 1 atom stereocenters. The standard InChI is InChI=1S/C23H34N2O6S/c1-16(14-17-8-11-24(12-9-17)21(26)31-23(2,3)4)30-22(27)25-13-10-18-15-19(32(5,28)29)6-7-20(18)25/h6-7,15-17H,8-14H2,1-5H3. The fraction of sp³-hybridized carbons (Fsp3) is 0.652. The number of anilines is 1. The van der Waals surface area contributed by atoms with Crippen molar-refractivity contribution in [3.8, 4) is 0 Å². The van der Waals surface area contributed by atoms with Crippen LogP contribution in [0, 0.1) is 5.92 Å². The molecule has 0 saturated carbocycles. The Balaban J connectivity index is 1.49. The molecule has 1 aromatic rings. The van der Waals surface area contributed by atoms with Crippen LogP contribution in [0.4, 0.5) is 15.3 Å². The highest BCUT2D eigenvalue weighted by Gasteiger charge is 2.30. The van der Waals surface area contributed by atoms with Gasteiger partial charge in [0.05, 0.1) is 10.6 Å². The van der Waals surface area contributed by atoms with E-state index in [4.69, 9.17) is 9.47 Å². The Labute approximate surface area is 190 Å². The van der Waals surface area contributed by atoms with Gasteiger partial charge in [-0.25, -0.2) is 18.0 Å². The van der Waals surface area contributed by atoms with Crippen LogP contribution in [0.2, 0.25) is 0 Å². The molecule has 178 valence electrons. The molecule has 2 aliphatic heterocycles. The first-order valence-corrected chi connectivity index (χ1v) is 13.0. The lowest BCUT2D eigenvalue weighted by molar-refractivity contribution is 0.0161. The number of fused-ring (bicyclic) bond motifs is 1. The Morgan fingerprint density at radius 3 is 2.38 bits per heavy atom. The van der Waals surface area contributed by atoms with E-state index in [9.17, 15) is 18.0 Å². The zero-order valence-corrected chi connectivity index (χ0v) is 20.4. The monoisotopic (exact) mass is 466 g/mol. The van der Waals surface area contributed by atoms with Gasteiger partial charge in [-0.2, -0.15) is 0 Å². The van der Waals surface area contributed by atoms with Crippen molar-refractivity contribution >= 4 is 27.7 Å². The predicted molar refractivity (Wildman–Crippen MR) is 122 cm³/mol. The second kappa shape index (κ2) is 9.29. The first kappa shape index (κ1) is 24.4. The molecule has 1 saturated heterocycles. The van der Waals surface area contributed by atoms with Gasteiger partial charge in [0.15, 0.2) is 9.84 Å². The van der Waals surface area contributed by atoms with Crippen LogP contribution in [0.1, 0.15) is 52.5 Å². The van der Waals surface area contributed by atoms with Gasteiger partial charge in [0.25, 0.3) is 0 Å². The molecule has 0 radical (unpaired) electrons. The van der Waals surface area contributed by atoms with Crippen molar-refractivity contribution in [2.75, 3.05) is 30.8 Å². The maximum Gasteiger partial charge on any atom is 0.414 e. The average molecular weight is 467 g/mol. The van der Waals surface area contributed by atoms with E-state index in [-0.39, 0.29) is 17.1 Å². The topological polar surface area (TPSA) is 93.2 Å². The van der Waals surface area contributed by atoms with E-state index in [1.54, 1.807) is 21.9 Å². The van der Waals surface area contributed by atoms with Crippen LogP contribution in [0.25, 0.3) is 0 Å². The molecular weight excluding hydrogens is 432 g/mol. The summed E-state index contributed by atoms with van der Waals surface area (Å²) in [5.41, 5.74) is 1.05. The summed E-state index contributed by atoms with van der Waals surface area (Å²) in [6, 6.07) is 4.85. The number of rotatable bonds is 4. The second-order valence-electron chi connectivity index (χ2n) is 9.81. The molecule has 32 heavy (non-hydrogen) atoms. The summed E-state index contributed by atoms with van der Waals surface area (Å²) in [4.78, 5) is 28.5. The number of carbonyl (C=O) groups is 2. The van der Waals surface area contributed by atoms with Crippen LogP contribution in [-0.2, 0) is 25.7 Å². The smallest absolute Gasteiger partial charge is 0.414 e. The van der Waals surface area contributed by atoms with Gasteiger partial charge in [0, 0.05) is 25.9 Å². The Hall–Kier alpha value is -2.29. The average Bonchev–Trinajstić information content (AvgIpc) is 3.09. The number of hydrogen-bond acceptors (Lipinski definition) is 6. The lowest BCUT2D eigenvalue weighted by atomic mass is 9.91. The number of ether oxygens (including phenoxy) is 2. The zero-order valence-electron chi connectivity index (χ0n) is 19.6. The molecule has 1 aromatic carbocycles. The predicted octanol–water partition coefficient (Wildman–Crippen LogP) is 4.01. The molecule has 3 rings (SSSR count). The molecular formula is C23H34N2O6S. The molecule has 2 heterocycles. The third-order valence-corrected chi connectivity index (χ3v) is 6.94. The molecule has 0 spiro atoms. The van der Waals surface area contributed by atoms with Crippen molar-refractivity contribution in [3.63, 3.8) is 0 Å². The van der Waals surface area contributed by atoms with Crippen molar-refractivity contribution < 1.29 is 27.5 Å². The lowest BCUT2D eigenvalue weighted by Crippen LogP contribution is -2.42. The minimum Gasteiger partial charge on any atom is -0.446 e. The fourth-order valence-corrected chi connectivity index (χ4v) is 4.90. The van der Waals surface area contributed by atoms with Crippen LogP contribution in [0.5, 0.6) is 0 Å². The van der Waals surface area contributed by atoms with Gasteiger partial charge >= 0.3 is 12.2 Å². The van der Waals surface area contributed by atoms with E-state index >= 15 is 0 Å². The van der Waals surface area contributed by atoms with Gasteiger partial charge in [-0.05, 0) is 83.1 Å². The van der Waals surface area contributed by atoms with Crippen LogP contribution < -0.4 is 4.90 Å². The van der Waals surface area contributed by atoms with Gasteiger partial charge < -0.3 is 14.4 Å². The Morgan fingerprint density at radius 1 is 1.12 bits per heavy atom. The van der Waals surface area contributed by atoms with Crippen molar-refractivity contribution in [1.29, 1.82) is 0 Å². The van der Waals surface area contributed by atoms with Crippen LogP contribution in [0.3, 0.4) is 0 Å². The minimum absolute atomic E-state index is 0.250. The molecule has 2 aliphatic rings. The van der Waals surface area contributed by atoms with Crippen molar-refractivity contribution in [2.45, 2.75) is 70.0 Å². The van der Waals surface area contributed by atoms with Gasteiger partial charge in [-0.3, -0.25) is 4.90 Å². The lowest BCUT2D eigenvalue weighted by Gasteiger charge is -2.34. The molecule has 9 heteroatoms. The summed E-state index contributed by atoms with van der Waals surface area (Å²) >= 11 is 0. The number of amides is 2. The fourth-order valence-electron chi connectivity index (χ4n) is 4.23. The third kappa shape index (κ3) is 6.15. The van der Waals surface area contributed by atoms with Gasteiger partial charge in [-0.15, -0.1) is 0 Å². The number of hydrogen-bond donors (Lipinski definition) is 0. The van der Waals surface area contributed by atoms with Gasteiger partial charge in [0.1, 0.15) is 11.7 Å². The van der Waals surface area contributed by atoms with Crippen LogP contribution in [0.15, 0.2) is 23.1 Å². The minimum atomic E-state index is -3.28. The summed E-state index contributed by atoms with van der Waals surface area (Å²) in [5.74, 6) is 0.375. The van der Waals surface area contributed by atoms with E-state index < -0.39 is 21.5 Å². The molecule has 0 N–H and O–H groups in total. The van der Waals surface area contributed by atoms with E-state index in [1.165, 1.54) is 12.3 Å². The zero-order chi connectivity index (χ0) is 23.7. The number of sulfone groups is 1. The van der Waals surface area contributed by atoms with Gasteiger partial charge in [-0.1, -0.05) is 0 Å². The van der Waals surface area contributed by atoms with E-state index in [1.807, 2.05) is 27.7 Å². The summed E-state index contributed by atoms with van der Waals surface area (Å²) in [6.07, 6.45) is 3.28. The second-order valence-corrected chi connectivity index (χ2v) is 11.8. The first-order chi connectivity index (χ1) is 14.8. The first-order valence-electron chi connectivity index (χ1n) is 11.1. The third-order valence-electron chi connectivity index (χ3n) is 5.83. The summed E-state index contributed by atoms with van der Waals surface area (Å²) < 4.78 is 34.7. The number of carbonyl (C=O) groups excluding carboxylic acids is 2. The number of likely N-dealkylation sites (tertiary alicyclic amines) is 1. The molecule has 0 aromatic heterocycles. The quantitative estimate of drug-likeness (QED) is 0.665. The summed E-state index contributed by atoms with van der Waals surface area (Å²) in [7, 11) is -3.28. The molecule has 2 amide bonds. The number of piperidine rings is 1. The van der Waals surface area contributed by atoms with E-state index in [0.29, 0.717) is 37.7 Å². The Morgan fingerprint density at radius 2 is 1.78 bits per heavy atom.